The van der Waals surface area contributed by atoms with Gasteiger partial charge >= 0.3 is 0 Å². The molecule has 12 aromatic rings. The summed E-state index contributed by atoms with van der Waals surface area (Å²) in [6.07, 6.45) is 0. The fraction of sp³-hybridized carbons (Fsp3) is 0.256. The van der Waals surface area contributed by atoms with Crippen molar-refractivity contribution >= 4 is 43.6 Å². The molecule has 0 aliphatic heterocycles. The zero-order valence-electron chi connectivity index (χ0n) is 51.8. The molecule has 6 heteroatoms. The number of rotatable bonds is 7. The lowest BCUT2D eigenvalue weighted by molar-refractivity contribution is 0.568. The number of fused-ring (bicyclic) bond motifs is 6. The zero-order valence-corrected chi connectivity index (χ0v) is 51.8. The van der Waals surface area contributed by atoms with Crippen LogP contribution in [0.25, 0.3) is 111 Å². The van der Waals surface area contributed by atoms with Gasteiger partial charge in [0.2, 0.25) is 0 Å². The molecule has 9 aromatic carbocycles. The molecule has 3 heterocycles. The van der Waals surface area contributed by atoms with Crippen molar-refractivity contribution in [2.24, 2.45) is 0 Å². The molecule has 0 saturated heterocycles. The summed E-state index contributed by atoms with van der Waals surface area (Å²) in [5, 5.41) is 15.0. The Morgan fingerprint density at radius 3 is 0.988 bits per heavy atom. The summed E-state index contributed by atoms with van der Waals surface area (Å²) in [5.74, 6) is 1.83. The summed E-state index contributed by atoms with van der Waals surface area (Å²) in [7, 11) is 0. The van der Waals surface area contributed by atoms with E-state index in [1.54, 1.807) is 0 Å². The lowest BCUT2D eigenvalue weighted by Gasteiger charge is -2.26. The largest absolute Gasteiger partial charge is 0.309 e. The highest BCUT2D eigenvalue weighted by molar-refractivity contribution is 6.12. The van der Waals surface area contributed by atoms with Gasteiger partial charge in [0.1, 0.15) is 0 Å². The van der Waals surface area contributed by atoms with Crippen molar-refractivity contribution in [1.82, 2.24) is 24.1 Å². The van der Waals surface area contributed by atoms with Crippen LogP contribution in [0.15, 0.2) is 170 Å². The highest BCUT2D eigenvalue weighted by Gasteiger charge is 2.28. The van der Waals surface area contributed by atoms with Gasteiger partial charge in [-0.25, -0.2) is 15.0 Å². The van der Waals surface area contributed by atoms with E-state index in [1.165, 1.54) is 66.1 Å². The summed E-state index contributed by atoms with van der Waals surface area (Å²) >= 11 is 0. The molecule has 0 aliphatic carbocycles. The minimum Gasteiger partial charge on any atom is -0.309 e. The van der Waals surface area contributed by atoms with Gasteiger partial charge in [-0.15, -0.1) is 0 Å². The monoisotopic (exact) mass is 1100 g/mol. The fourth-order valence-electron chi connectivity index (χ4n) is 12.0. The molecule has 0 atom stereocenters. The molecule has 418 valence electrons. The van der Waals surface area contributed by atoms with Crippen LogP contribution in [0.1, 0.15) is 133 Å². The third-order valence-electron chi connectivity index (χ3n) is 17.0. The van der Waals surface area contributed by atoms with Crippen molar-refractivity contribution in [1.29, 1.82) is 5.26 Å². The highest BCUT2D eigenvalue weighted by Crippen LogP contribution is 2.45. The van der Waals surface area contributed by atoms with Crippen LogP contribution in [-0.4, -0.2) is 24.1 Å². The smallest absolute Gasteiger partial charge is 0.164 e. The predicted octanol–water partition coefficient (Wildman–Crippen LogP) is 20.7. The maximum absolute atomic E-state index is 10.2. The molecular formula is C78H76N6. The highest BCUT2D eigenvalue weighted by atomic mass is 15.0. The van der Waals surface area contributed by atoms with Gasteiger partial charge in [-0.05, 0) is 198 Å². The van der Waals surface area contributed by atoms with E-state index in [4.69, 9.17) is 15.0 Å². The van der Waals surface area contributed by atoms with Crippen LogP contribution in [0.3, 0.4) is 0 Å². The van der Waals surface area contributed by atoms with Gasteiger partial charge in [0.25, 0.3) is 0 Å². The number of benzene rings is 9. The quantitative estimate of drug-likeness (QED) is 0.159. The van der Waals surface area contributed by atoms with Crippen LogP contribution in [0.4, 0.5) is 0 Å². The second-order valence-electron chi connectivity index (χ2n) is 27.8. The topological polar surface area (TPSA) is 72.3 Å². The molecule has 3 aromatic heterocycles. The van der Waals surface area contributed by atoms with E-state index in [-0.39, 0.29) is 21.7 Å². The van der Waals surface area contributed by atoms with Crippen LogP contribution >= 0.6 is 0 Å². The number of hydrogen-bond donors (Lipinski definition) is 0. The van der Waals surface area contributed by atoms with E-state index in [0.717, 1.165) is 72.4 Å². The summed E-state index contributed by atoms with van der Waals surface area (Å²) in [4.78, 5) is 16.8. The third kappa shape index (κ3) is 10.2. The van der Waals surface area contributed by atoms with Crippen LogP contribution in [0.5, 0.6) is 0 Å². The lowest BCUT2D eigenvalue weighted by atomic mass is 9.79. The summed E-state index contributed by atoms with van der Waals surface area (Å²) in [5.41, 5.74) is 23.0. The first-order valence-corrected chi connectivity index (χ1v) is 29.6. The van der Waals surface area contributed by atoms with Crippen molar-refractivity contribution in [2.45, 2.75) is 132 Å². The number of aromatic nitrogens is 5. The molecular weight excluding hydrogens is 1020 g/mol. The third-order valence-corrected chi connectivity index (χ3v) is 17.0. The van der Waals surface area contributed by atoms with Crippen molar-refractivity contribution in [2.75, 3.05) is 0 Å². The summed E-state index contributed by atoms with van der Waals surface area (Å²) in [6, 6.07) is 65.2. The molecule has 0 unspecified atom stereocenters. The molecule has 0 N–H and O–H groups in total. The van der Waals surface area contributed by atoms with Crippen LogP contribution in [-0.2, 0) is 21.7 Å². The Bertz CT molecular complexity index is 4420. The average molecular weight is 1100 g/mol. The first kappa shape index (κ1) is 55.6. The minimum absolute atomic E-state index is 0.136. The molecule has 12 rings (SSSR count). The van der Waals surface area contributed by atoms with Gasteiger partial charge < -0.3 is 9.13 Å². The molecule has 0 fully saturated rings. The normalized spacial score (nSPS) is 12.5. The molecule has 0 aliphatic rings. The molecule has 0 amide bonds. The number of hydrogen-bond acceptors (Lipinski definition) is 4. The minimum atomic E-state index is -0.136. The Balaban J connectivity index is 1.23. The SMILES string of the molecule is Cc1ccc2c(c1)c1cc(C)ccc1n2-c1ccc(-c2cccc(C#N)c2)cc1-c1cc(-c2nc(-c3cc(C(C)(C)C)cc(C(C)(C)C)c3)nc(-c3cc(C(C)(C)C)cc(C(C)(C)C)c3)n2)ccc1-n1c2ccc(C)cc2c2cc(C)ccc21. The molecule has 84 heavy (non-hydrogen) atoms. The van der Waals surface area contributed by atoms with E-state index in [2.05, 4.69) is 278 Å². The Hall–Kier alpha value is -8.92. The second-order valence-corrected chi connectivity index (χ2v) is 27.8. The molecule has 6 nitrogen and oxygen atoms in total. The maximum Gasteiger partial charge on any atom is 0.164 e. The molecule has 0 spiro atoms. The number of nitrogens with zero attached hydrogens (tertiary/aromatic N) is 6. The van der Waals surface area contributed by atoms with Crippen LogP contribution in [0.2, 0.25) is 0 Å². The number of aryl methyl sites for hydroxylation is 4. The van der Waals surface area contributed by atoms with E-state index in [0.29, 0.717) is 23.0 Å². The Morgan fingerprint density at radius 1 is 0.321 bits per heavy atom. The van der Waals surface area contributed by atoms with Crippen molar-refractivity contribution in [3.05, 3.63) is 220 Å². The standard InChI is InChI=1S/C78H76N6/c1-46-20-26-66-60(32-46)61-33-47(2)21-27-67(61)83(66)70-30-24-52(51-19-17-18-50(36-51)45-79)41-64(70)65-42-53(25-31-71(65)84-68-28-22-48(3)34-62(68)63-35-49(4)23-29-69(63)84)72-80-73(54-37-56(75(5,6)7)43-57(38-54)76(8,9)10)82-74(81-72)55-39-58(77(11,12)13)44-59(40-55)78(14,15)16/h17-44H,1-16H3. The van der Waals surface area contributed by atoms with Gasteiger partial charge in [-0.2, -0.15) is 5.26 Å². The lowest BCUT2D eigenvalue weighted by Crippen LogP contribution is -2.17. The van der Waals surface area contributed by atoms with Gasteiger partial charge in [0, 0.05) is 49.4 Å². The first-order valence-electron chi connectivity index (χ1n) is 29.6. The van der Waals surface area contributed by atoms with E-state index < -0.39 is 0 Å². The van der Waals surface area contributed by atoms with E-state index in [1.807, 2.05) is 18.2 Å². The van der Waals surface area contributed by atoms with Crippen molar-refractivity contribution in [3.63, 3.8) is 0 Å². The van der Waals surface area contributed by atoms with Gasteiger partial charge in [-0.1, -0.05) is 160 Å². The molecule has 0 radical (unpaired) electrons. The second kappa shape index (κ2) is 20.2. The van der Waals surface area contributed by atoms with Gasteiger partial charge in [0.05, 0.1) is 45.1 Å². The predicted molar refractivity (Wildman–Crippen MR) is 354 cm³/mol. The van der Waals surface area contributed by atoms with Crippen molar-refractivity contribution in [3.8, 4) is 73.9 Å². The molecule has 0 saturated carbocycles. The zero-order chi connectivity index (χ0) is 59.5. The Morgan fingerprint density at radius 2 is 0.643 bits per heavy atom. The fourth-order valence-corrected chi connectivity index (χ4v) is 12.0. The molecule has 0 bridgehead atoms. The van der Waals surface area contributed by atoms with Gasteiger partial charge in [-0.3, -0.25) is 0 Å². The van der Waals surface area contributed by atoms with Crippen LogP contribution in [0, 0.1) is 39.0 Å². The number of nitriles is 1. The van der Waals surface area contributed by atoms with Gasteiger partial charge in [0.15, 0.2) is 17.5 Å². The van der Waals surface area contributed by atoms with Crippen molar-refractivity contribution < 1.29 is 0 Å². The maximum atomic E-state index is 10.2. The van der Waals surface area contributed by atoms with E-state index in [9.17, 15) is 5.26 Å². The first-order chi connectivity index (χ1) is 39.7. The van der Waals surface area contributed by atoms with E-state index >= 15 is 0 Å². The Labute approximate surface area is 496 Å². The van der Waals surface area contributed by atoms with Crippen LogP contribution < -0.4 is 0 Å². The average Bonchev–Trinajstić information content (AvgIpc) is 1.65. The Kier molecular flexibility index (Phi) is 13.3. The summed E-state index contributed by atoms with van der Waals surface area (Å²) < 4.78 is 4.91. The summed E-state index contributed by atoms with van der Waals surface area (Å²) in [6.45, 7) is 36.1.